The molecule has 18 heavy (non-hydrogen) atoms. The SMILES string of the molecule is Cc1ccc(-c2nnn3cc(C#N)cnc23)cc1. The number of fused-ring (bicyclic) bond motifs is 1. The van der Waals surface area contributed by atoms with Crippen molar-refractivity contribution >= 4 is 5.65 Å². The third kappa shape index (κ3) is 1.60. The van der Waals surface area contributed by atoms with Gasteiger partial charge in [0, 0.05) is 11.8 Å². The van der Waals surface area contributed by atoms with Crippen LogP contribution in [0.1, 0.15) is 11.1 Å². The Bertz CT molecular complexity index is 749. The van der Waals surface area contributed by atoms with Crippen LogP contribution in [-0.2, 0) is 0 Å². The minimum Gasteiger partial charge on any atom is -0.234 e. The van der Waals surface area contributed by atoms with Crippen LogP contribution in [0.5, 0.6) is 0 Å². The zero-order valence-electron chi connectivity index (χ0n) is 9.70. The highest BCUT2D eigenvalue weighted by molar-refractivity contribution is 5.73. The Kier molecular flexibility index (Phi) is 2.27. The first-order valence-electron chi connectivity index (χ1n) is 5.46. The van der Waals surface area contributed by atoms with E-state index in [0.29, 0.717) is 11.2 Å². The lowest BCUT2D eigenvalue weighted by Crippen LogP contribution is -1.91. The van der Waals surface area contributed by atoms with Crippen LogP contribution < -0.4 is 0 Å². The van der Waals surface area contributed by atoms with Crippen molar-refractivity contribution in [2.75, 3.05) is 0 Å². The Labute approximate surface area is 103 Å². The van der Waals surface area contributed by atoms with Gasteiger partial charge in [-0.05, 0) is 6.92 Å². The third-order valence-electron chi connectivity index (χ3n) is 2.71. The monoisotopic (exact) mass is 235 g/mol. The number of aromatic nitrogens is 4. The molecule has 0 saturated heterocycles. The molecule has 86 valence electrons. The molecule has 3 rings (SSSR count). The first-order valence-corrected chi connectivity index (χ1v) is 5.46. The molecule has 1 aromatic carbocycles. The van der Waals surface area contributed by atoms with Gasteiger partial charge in [0.15, 0.2) is 5.65 Å². The summed E-state index contributed by atoms with van der Waals surface area (Å²) in [5.74, 6) is 0. The summed E-state index contributed by atoms with van der Waals surface area (Å²) in [6.45, 7) is 2.03. The second-order valence-electron chi connectivity index (χ2n) is 4.03. The van der Waals surface area contributed by atoms with Crippen LogP contribution in [0.3, 0.4) is 0 Å². The number of hydrogen-bond donors (Lipinski definition) is 0. The van der Waals surface area contributed by atoms with Gasteiger partial charge in [0.2, 0.25) is 0 Å². The average Bonchev–Trinajstić information content (AvgIpc) is 2.82. The van der Waals surface area contributed by atoms with Crippen LogP contribution in [0.15, 0.2) is 36.7 Å². The fraction of sp³-hybridized carbons (Fsp3) is 0.0769. The van der Waals surface area contributed by atoms with Crippen LogP contribution in [0, 0.1) is 18.3 Å². The molecule has 5 heteroatoms. The lowest BCUT2D eigenvalue weighted by molar-refractivity contribution is 0.845. The fourth-order valence-corrected chi connectivity index (χ4v) is 1.75. The molecule has 0 aliphatic heterocycles. The summed E-state index contributed by atoms with van der Waals surface area (Å²) in [6, 6.07) is 10.0. The molecule has 3 aromatic rings. The summed E-state index contributed by atoms with van der Waals surface area (Å²) < 4.78 is 1.52. The molecular formula is C13H9N5. The summed E-state index contributed by atoms with van der Waals surface area (Å²) in [4.78, 5) is 4.23. The summed E-state index contributed by atoms with van der Waals surface area (Å²) in [7, 11) is 0. The molecule has 0 radical (unpaired) electrons. The van der Waals surface area contributed by atoms with E-state index < -0.39 is 0 Å². The third-order valence-corrected chi connectivity index (χ3v) is 2.71. The van der Waals surface area contributed by atoms with Crippen molar-refractivity contribution in [1.82, 2.24) is 19.8 Å². The van der Waals surface area contributed by atoms with Crippen molar-refractivity contribution < 1.29 is 0 Å². The van der Waals surface area contributed by atoms with Crippen molar-refractivity contribution in [1.29, 1.82) is 5.26 Å². The zero-order chi connectivity index (χ0) is 12.5. The highest BCUT2D eigenvalue weighted by atomic mass is 15.4. The van der Waals surface area contributed by atoms with E-state index in [1.807, 2.05) is 37.3 Å². The smallest absolute Gasteiger partial charge is 0.183 e. The van der Waals surface area contributed by atoms with Crippen molar-refractivity contribution in [3.8, 4) is 17.3 Å². The Morgan fingerprint density at radius 1 is 1.22 bits per heavy atom. The van der Waals surface area contributed by atoms with Crippen LogP contribution in [0.2, 0.25) is 0 Å². The highest BCUT2D eigenvalue weighted by Gasteiger charge is 2.10. The molecule has 0 saturated carbocycles. The van der Waals surface area contributed by atoms with Crippen molar-refractivity contribution in [3.05, 3.63) is 47.8 Å². The molecule has 5 nitrogen and oxygen atoms in total. The van der Waals surface area contributed by atoms with E-state index in [-0.39, 0.29) is 0 Å². The number of benzene rings is 1. The molecule has 2 heterocycles. The molecule has 0 amide bonds. The fourth-order valence-electron chi connectivity index (χ4n) is 1.75. The van der Waals surface area contributed by atoms with E-state index in [0.717, 1.165) is 11.3 Å². The lowest BCUT2D eigenvalue weighted by atomic mass is 10.1. The number of hydrogen-bond acceptors (Lipinski definition) is 4. The van der Waals surface area contributed by atoms with Crippen LogP contribution in [0.25, 0.3) is 16.9 Å². The minimum absolute atomic E-state index is 0.461. The summed E-state index contributed by atoms with van der Waals surface area (Å²) in [5.41, 5.74) is 3.99. The maximum absolute atomic E-state index is 8.80. The van der Waals surface area contributed by atoms with Gasteiger partial charge in [-0.15, -0.1) is 5.10 Å². The average molecular weight is 235 g/mol. The largest absolute Gasteiger partial charge is 0.234 e. The predicted molar refractivity (Wildman–Crippen MR) is 65.7 cm³/mol. The van der Waals surface area contributed by atoms with Gasteiger partial charge >= 0.3 is 0 Å². The Hall–Kier alpha value is -2.74. The van der Waals surface area contributed by atoms with E-state index in [1.165, 1.54) is 16.3 Å². The molecule has 2 aromatic heterocycles. The maximum Gasteiger partial charge on any atom is 0.183 e. The molecule has 0 fully saturated rings. The molecule has 0 spiro atoms. The number of aryl methyl sites for hydroxylation is 1. The maximum atomic E-state index is 8.80. The van der Waals surface area contributed by atoms with Crippen LogP contribution >= 0.6 is 0 Å². The summed E-state index contributed by atoms with van der Waals surface area (Å²) in [5, 5.41) is 16.9. The topological polar surface area (TPSA) is 66.9 Å². The van der Waals surface area contributed by atoms with Gasteiger partial charge in [0.1, 0.15) is 11.8 Å². The molecular weight excluding hydrogens is 226 g/mol. The first-order chi connectivity index (χ1) is 8.78. The quantitative estimate of drug-likeness (QED) is 0.646. The van der Waals surface area contributed by atoms with Gasteiger partial charge in [0.05, 0.1) is 11.8 Å². The van der Waals surface area contributed by atoms with Crippen molar-refractivity contribution in [2.45, 2.75) is 6.92 Å². The van der Waals surface area contributed by atoms with Crippen molar-refractivity contribution in [2.24, 2.45) is 0 Å². The van der Waals surface area contributed by atoms with Gasteiger partial charge in [-0.1, -0.05) is 35.0 Å². The van der Waals surface area contributed by atoms with Crippen LogP contribution in [0.4, 0.5) is 0 Å². The lowest BCUT2D eigenvalue weighted by Gasteiger charge is -1.98. The highest BCUT2D eigenvalue weighted by Crippen LogP contribution is 2.20. The Morgan fingerprint density at radius 3 is 2.72 bits per heavy atom. The summed E-state index contributed by atoms with van der Waals surface area (Å²) >= 11 is 0. The Morgan fingerprint density at radius 2 is 2.00 bits per heavy atom. The second kappa shape index (κ2) is 3.93. The Balaban J connectivity index is 2.19. The van der Waals surface area contributed by atoms with Gasteiger partial charge in [-0.2, -0.15) is 5.26 Å². The number of nitrogens with zero attached hydrogens (tertiary/aromatic N) is 5. The predicted octanol–water partition coefficient (Wildman–Crippen LogP) is 1.97. The first kappa shape index (κ1) is 10.4. The van der Waals surface area contributed by atoms with Crippen LogP contribution in [-0.4, -0.2) is 19.8 Å². The standard InChI is InChI=1S/C13H9N5/c1-9-2-4-11(5-3-9)12-13-15-7-10(6-14)8-18(13)17-16-12/h2-5,7-8H,1H3. The van der Waals surface area contributed by atoms with Gasteiger partial charge in [-0.3, -0.25) is 0 Å². The number of rotatable bonds is 1. The van der Waals surface area contributed by atoms with Gasteiger partial charge in [-0.25, -0.2) is 9.50 Å². The molecule has 0 aliphatic carbocycles. The number of nitriles is 1. The minimum atomic E-state index is 0.461. The van der Waals surface area contributed by atoms with E-state index in [9.17, 15) is 0 Å². The van der Waals surface area contributed by atoms with E-state index in [4.69, 9.17) is 5.26 Å². The van der Waals surface area contributed by atoms with Gasteiger partial charge in [0.25, 0.3) is 0 Å². The molecule has 0 unspecified atom stereocenters. The summed E-state index contributed by atoms with van der Waals surface area (Å²) in [6.07, 6.45) is 3.14. The van der Waals surface area contributed by atoms with Gasteiger partial charge < -0.3 is 0 Å². The van der Waals surface area contributed by atoms with Crippen molar-refractivity contribution in [3.63, 3.8) is 0 Å². The molecule has 0 aliphatic rings. The zero-order valence-corrected chi connectivity index (χ0v) is 9.70. The normalized spacial score (nSPS) is 10.4. The second-order valence-corrected chi connectivity index (χ2v) is 4.03. The van der Waals surface area contributed by atoms with E-state index in [2.05, 4.69) is 15.3 Å². The molecule has 0 atom stereocenters. The van der Waals surface area contributed by atoms with E-state index in [1.54, 1.807) is 6.20 Å². The molecule has 0 bridgehead atoms. The van der Waals surface area contributed by atoms with E-state index >= 15 is 0 Å². The molecule has 0 N–H and O–H groups in total.